The Morgan fingerprint density at radius 3 is 2.94 bits per heavy atom. The number of halogens is 1. The minimum Gasteiger partial charge on any atom is -0.462 e. The second kappa shape index (κ2) is 5.63. The van der Waals surface area contributed by atoms with Gasteiger partial charge in [0.05, 0.1) is 12.3 Å². The van der Waals surface area contributed by atoms with Gasteiger partial charge in [0.15, 0.2) is 3.92 Å². The summed E-state index contributed by atoms with van der Waals surface area (Å²) in [4.78, 5) is 16.8. The second-order valence-corrected chi connectivity index (χ2v) is 6.01. The maximum absolute atomic E-state index is 11.9. The molecule has 1 heterocycles. The van der Waals surface area contributed by atoms with Crippen molar-refractivity contribution in [2.45, 2.75) is 13.8 Å². The van der Waals surface area contributed by atoms with Crippen LogP contribution < -0.4 is 0 Å². The van der Waals surface area contributed by atoms with Crippen molar-refractivity contribution in [1.29, 1.82) is 0 Å². The lowest BCUT2D eigenvalue weighted by Gasteiger charge is -2.03. The van der Waals surface area contributed by atoms with Crippen molar-refractivity contribution in [3.8, 4) is 11.3 Å². The second-order valence-electron chi connectivity index (χ2n) is 3.73. The molecule has 0 aliphatic rings. The highest BCUT2D eigenvalue weighted by Crippen LogP contribution is 2.32. The quantitative estimate of drug-likeness (QED) is 0.799. The number of hydrogen-bond donors (Lipinski definition) is 0. The molecule has 0 N–H and O–H groups in total. The maximum Gasteiger partial charge on any atom is 0.350 e. The Hall–Kier alpha value is -1.20. The Morgan fingerprint density at radius 1 is 1.50 bits per heavy atom. The first-order chi connectivity index (χ1) is 8.61. The van der Waals surface area contributed by atoms with E-state index in [0.717, 1.165) is 11.1 Å². The van der Waals surface area contributed by atoms with Crippen LogP contribution in [0.3, 0.4) is 0 Å². The van der Waals surface area contributed by atoms with E-state index in [9.17, 15) is 4.79 Å². The molecule has 3 nitrogen and oxygen atoms in total. The highest BCUT2D eigenvalue weighted by atomic mass is 79.9. The fourth-order valence-corrected chi connectivity index (χ4v) is 2.99. The van der Waals surface area contributed by atoms with Crippen LogP contribution in [-0.4, -0.2) is 17.6 Å². The molecule has 0 unspecified atom stereocenters. The third-order valence-corrected chi connectivity index (χ3v) is 3.84. The topological polar surface area (TPSA) is 39.2 Å². The molecule has 0 saturated carbocycles. The number of carbonyl (C=O) groups is 1. The van der Waals surface area contributed by atoms with Gasteiger partial charge in [0.1, 0.15) is 4.88 Å². The van der Waals surface area contributed by atoms with Crippen molar-refractivity contribution in [3.05, 3.63) is 38.6 Å². The molecule has 94 valence electrons. The molecule has 0 amide bonds. The number of carbonyl (C=O) groups excluding carboxylic acids is 1. The smallest absolute Gasteiger partial charge is 0.350 e. The molecular formula is C13H12BrNO2S. The van der Waals surface area contributed by atoms with E-state index in [1.165, 1.54) is 11.3 Å². The molecule has 0 bridgehead atoms. The highest BCUT2D eigenvalue weighted by Gasteiger charge is 2.19. The molecule has 0 aliphatic heterocycles. The van der Waals surface area contributed by atoms with Crippen LogP contribution in [0.1, 0.15) is 22.2 Å². The number of esters is 1. The summed E-state index contributed by atoms with van der Waals surface area (Å²) in [5.74, 6) is -0.322. The van der Waals surface area contributed by atoms with Crippen molar-refractivity contribution >= 4 is 33.2 Å². The van der Waals surface area contributed by atoms with Gasteiger partial charge in [0, 0.05) is 5.56 Å². The van der Waals surface area contributed by atoms with E-state index in [1.807, 2.05) is 31.2 Å². The highest BCUT2D eigenvalue weighted by molar-refractivity contribution is 9.11. The maximum atomic E-state index is 11.9. The minimum atomic E-state index is -0.322. The molecule has 0 aliphatic carbocycles. The Balaban J connectivity index is 2.47. The van der Waals surface area contributed by atoms with Gasteiger partial charge in [-0.3, -0.25) is 0 Å². The Labute approximate surface area is 118 Å². The van der Waals surface area contributed by atoms with E-state index in [-0.39, 0.29) is 5.97 Å². The van der Waals surface area contributed by atoms with Gasteiger partial charge in [-0.15, -0.1) is 0 Å². The van der Waals surface area contributed by atoms with Crippen molar-refractivity contribution < 1.29 is 9.53 Å². The monoisotopic (exact) mass is 325 g/mol. The van der Waals surface area contributed by atoms with Crippen molar-refractivity contribution in [3.63, 3.8) is 0 Å². The zero-order chi connectivity index (χ0) is 13.1. The van der Waals surface area contributed by atoms with Gasteiger partial charge in [-0.1, -0.05) is 35.1 Å². The molecule has 0 saturated heterocycles. The number of hydrogen-bond acceptors (Lipinski definition) is 4. The zero-order valence-corrected chi connectivity index (χ0v) is 12.5. The van der Waals surface area contributed by atoms with Crippen molar-refractivity contribution in [2.75, 3.05) is 6.61 Å². The lowest BCUT2D eigenvalue weighted by molar-refractivity contribution is 0.0532. The van der Waals surface area contributed by atoms with E-state index in [0.29, 0.717) is 21.1 Å². The van der Waals surface area contributed by atoms with Crippen molar-refractivity contribution in [2.24, 2.45) is 0 Å². The molecular weight excluding hydrogens is 314 g/mol. The number of nitrogens with zero attached hydrogens (tertiary/aromatic N) is 1. The molecule has 2 rings (SSSR count). The average Bonchev–Trinajstić information content (AvgIpc) is 2.72. The van der Waals surface area contributed by atoms with Crippen LogP contribution in [-0.2, 0) is 4.74 Å². The molecule has 2 aromatic rings. The number of aryl methyl sites for hydroxylation is 1. The van der Waals surface area contributed by atoms with Gasteiger partial charge in [-0.05, 0) is 35.8 Å². The summed E-state index contributed by atoms with van der Waals surface area (Å²) in [5, 5.41) is 0. The number of rotatable bonds is 3. The Morgan fingerprint density at radius 2 is 2.28 bits per heavy atom. The van der Waals surface area contributed by atoms with E-state index >= 15 is 0 Å². The Bertz CT molecular complexity index is 580. The van der Waals surface area contributed by atoms with Crippen LogP contribution >= 0.6 is 27.3 Å². The summed E-state index contributed by atoms with van der Waals surface area (Å²) in [6, 6.07) is 7.91. The number of benzene rings is 1. The Kier molecular flexibility index (Phi) is 4.14. The first-order valence-corrected chi connectivity index (χ1v) is 7.13. The molecule has 1 aromatic heterocycles. The van der Waals surface area contributed by atoms with Gasteiger partial charge in [-0.2, -0.15) is 0 Å². The van der Waals surface area contributed by atoms with Gasteiger partial charge in [-0.25, -0.2) is 9.78 Å². The van der Waals surface area contributed by atoms with Crippen LogP contribution in [0, 0.1) is 6.92 Å². The predicted octanol–water partition coefficient (Wildman–Crippen LogP) is 4.06. The number of thiazole rings is 1. The molecule has 1 aromatic carbocycles. The van der Waals surface area contributed by atoms with Gasteiger partial charge in [0.2, 0.25) is 0 Å². The number of ether oxygens (including phenoxy) is 1. The SMILES string of the molecule is CCOC(=O)c1sc(Br)nc1-c1cccc(C)c1. The first-order valence-electron chi connectivity index (χ1n) is 5.52. The number of aromatic nitrogens is 1. The third kappa shape index (κ3) is 2.79. The summed E-state index contributed by atoms with van der Waals surface area (Å²) in [6.45, 7) is 4.16. The largest absolute Gasteiger partial charge is 0.462 e. The summed E-state index contributed by atoms with van der Waals surface area (Å²) in [5.41, 5.74) is 2.74. The lowest BCUT2D eigenvalue weighted by atomic mass is 10.1. The molecule has 0 radical (unpaired) electrons. The normalized spacial score (nSPS) is 10.4. The van der Waals surface area contributed by atoms with Gasteiger partial charge in [0.25, 0.3) is 0 Å². The van der Waals surface area contributed by atoms with E-state index in [4.69, 9.17) is 4.74 Å². The average molecular weight is 326 g/mol. The fourth-order valence-electron chi connectivity index (χ4n) is 1.62. The molecule has 18 heavy (non-hydrogen) atoms. The summed E-state index contributed by atoms with van der Waals surface area (Å²) < 4.78 is 5.73. The van der Waals surface area contributed by atoms with Crippen LogP contribution in [0.15, 0.2) is 28.2 Å². The molecule has 0 spiro atoms. The minimum absolute atomic E-state index is 0.322. The molecule has 5 heteroatoms. The predicted molar refractivity (Wildman–Crippen MR) is 75.9 cm³/mol. The molecule has 0 atom stereocenters. The fraction of sp³-hybridized carbons (Fsp3) is 0.231. The summed E-state index contributed by atoms with van der Waals surface area (Å²) in [7, 11) is 0. The summed E-state index contributed by atoms with van der Waals surface area (Å²) >= 11 is 4.61. The van der Waals surface area contributed by atoms with Gasteiger partial charge >= 0.3 is 5.97 Å². The van der Waals surface area contributed by atoms with Crippen LogP contribution in [0.25, 0.3) is 11.3 Å². The van der Waals surface area contributed by atoms with Crippen LogP contribution in [0.2, 0.25) is 0 Å². The first kappa shape index (κ1) is 13.2. The third-order valence-electron chi connectivity index (χ3n) is 2.35. The zero-order valence-electron chi connectivity index (χ0n) is 10.1. The van der Waals surface area contributed by atoms with Crippen LogP contribution in [0.4, 0.5) is 0 Å². The van der Waals surface area contributed by atoms with E-state index in [2.05, 4.69) is 20.9 Å². The van der Waals surface area contributed by atoms with Crippen molar-refractivity contribution in [1.82, 2.24) is 4.98 Å². The lowest BCUT2D eigenvalue weighted by Crippen LogP contribution is -2.03. The summed E-state index contributed by atoms with van der Waals surface area (Å²) in [6.07, 6.45) is 0. The van der Waals surface area contributed by atoms with Gasteiger partial charge < -0.3 is 4.74 Å². The molecule has 0 fully saturated rings. The van der Waals surface area contributed by atoms with Crippen LogP contribution in [0.5, 0.6) is 0 Å². The van der Waals surface area contributed by atoms with E-state index in [1.54, 1.807) is 6.92 Å². The van der Waals surface area contributed by atoms with E-state index < -0.39 is 0 Å². The standard InChI is InChI=1S/C13H12BrNO2S/c1-3-17-12(16)11-10(15-13(14)18-11)9-6-4-5-8(2)7-9/h4-7H,3H2,1-2H3.